The lowest BCUT2D eigenvalue weighted by Crippen LogP contribution is -2.47. The van der Waals surface area contributed by atoms with Gasteiger partial charge in [-0.05, 0) is 32.2 Å². The third-order valence-corrected chi connectivity index (χ3v) is 3.46. The Labute approximate surface area is 109 Å². The van der Waals surface area contributed by atoms with Crippen LogP contribution in [0.25, 0.3) is 0 Å². The molecule has 1 aliphatic carbocycles. The molecule has 2 aliphatic rings. The molecule has 0 aromatic heterocycles. The van der Waals surface area contributed by atoms with Crippen molar-refractivity contribution in [1.29, 1.82) is 0 Å². The Hall–Kier alpha value is -0.650. The van der Waals surface area contributed by atoms with E-state index in [2.05, 4.69) is 22.5 Å². The van der Waals surface area contributed by atoms with E-state index in [0.29, 0.717) is 6.54 Å². The molecule has 0 bridgehead atoms. The second-order valence-corrected chi connectivity index (χ2v) is 5.46. The van der Waals surface area contributed by atoms with Crippen molar-refractivity contribution in [3.8, 4) is 0 Å². The third-order valence-electron chi connectivity index (χ3n) is 3.46. The zero-order valence-corrected chi connectivity index (χ0v) is 11.3. The average molecular weight is 255 g/mol. The molecule has 5 heteroatoms. The van der Waals surface area contributed by atoms with Crippen LogP contribution < -0.4 is 10.6 Å². The first-order valence-electron chi connectivity index (χ1n) is 7.04. The molecule has 0 spiro atoms. The highest BCUT2D eigenvalue weighted by Crippen LogP contribution is 2.27. The fourth-order valence-corrected chi connectivity index (χ4v) is 2.25. The first kappa shape index (κ1) is 13.8. The molecule has 0 aromatic carbocycles. The summed E-state index contributed by atoms with van der Waals surface area (Å²) >= 11 is 0. The maximum absolute atomic E-state index is 11.7. The van der Waals surface area contributed by atoms with Crippen LogP contribution in [0.3, 0.4) is 0 Å². The summed E-state index contributed by atoms with van der Waals surface area (Å²) in [5.74, 6) is 0.931. The fourth-order valence-electron chi connectivity index (χ4n) is 2.25. The number of hydrogen-bond acceptors (Lipinski definition) is 4. The van der Waals surface area contributed by atoms with Gasteiger partial charge in [0.05, 0.1) is 19.8 Å². The summed E-state index contributed by atoms with van der Waals surface area (Å²) in [7, 11) is 0. The number of ether oxygens (including phenoxy) is 1. The second-order valence-electron chi connectivity index (χ2n) is 5.46. The Morgan fingerprint density at radius 2 is 2.11 bits per heavy atom. The Morgan fingerprint density at radius 1 is 1.39 bits per heavy atom. The third kappa shape index (κ3) is 5.33. The first-order valence-corrected chi connectivity index (χ1v) is 7.04. The van der Waals surface area contributed by atoms with Crippen molar-refractivity contribution < 1.29 is 9.53 Å². The molecule has 2 fully saturated rings. The molecule has 18 heavy (non-hydrogen) atoms. The number of amides is 1. The maximum atomic E-state index is 11.7. The van der Waals surface area contributed by atoms with Crippen LogP contribution in [0.4, 0.5) is 0 Å². The minimum Gasteiger partial charge on any atom is -0.379 e. The van der Waals surface area contributed by atoms with Gasteiger partial charge in [0.25, 0.3) is 0 Å². The molecule has 1 atom stereocenters. The maximum Gasteiger partial charge on any atom is 0.234 e. The quantitative estimate of drug-likeness (QED) is 0.663. The van der Waals surface area contributed by atoms with Crippen molar-refractivity contribution in [3.05, 3.63) is 0 Å². The van der Waals surface area contributed by atoms with Gasteiger partial charge < -0.3 is 15.4 Å². The van der Waals surface area contributed by atoms with Crippen LogP contribution >= 0.6 is 0 Å². The molecule has 2 N–H and O–H groups in total. The van der Waals surface area contributed by atoms with Gasteiger partial charge in [0, 0.05) is 25.7 Å². The molecule has 1 heterocycles. The Balaban J connectivity index is 1.53. The van der Waals surface area contributed by atoms with Crippen molar-refractivity contribution in [2.24, 2.45) is 5.92 Å². The molecule has 104 valence electrons. The van der Waals surface area contributed by atoms with E-state index in [9.17, 15) is 4.79 Å². The molecule has 1 saturated heterocycles. The lowest BCUT2D eigenvalue weighted by molar-refractivity contribution is -0.121. The zero-order valence-electron chi connectivity index (χ0n) is 11.3. The van der Waals surface area contributed by atoms with Crippen LogP contribution in [0.15, 0.2) is 0 Å². The normalized spacial score (nSPS) is 22.7. The van der Waals surface area contributed by atoms with Gasteiger partial charge in [0.2, 0.25) is 5.91 Å². The number of morpholine rings is 1. The highest BCUT2D eigenvalue weighted by Gasteiger charge is 2.21. The molecule has 1 saturated carbocycles. The monoisotopic (exact) mass is 255 g/mol. The van der Waals surface area contributed by atoms with E-state index in [1.807, 2.05) is 0 Å². The van der Waals surface area contributed by atoms with Crippen LogP contribution in [-0.2, 0) is 9.53 Å². The van der Waals surface area contributed by atoms with E-state index < -0.39 is 0 Å². The first-order chi connectivity index (χ1) is 8.74. The smallest absolute Gasteiger partial charge is 0.234 e. The molecule has 2 rings (SSSR count). The Kier molecular flexibility index (Phi) is 5.41. The number of carbonyl (C=O) groups is 1. The number of rotatable bonds is 7. The Bertz CT molecular complexity index is 263. The average Bonchev–Trinajstić information content (AvgIpc) is 3.14. The molecule has 0 radical (unpaired) electrons. The SMILES string of the molecule is CC(CN1CCOCC1)NC(=O)CNCC1CC1. The molecule has 0 aromatic rings. The summed E-state index contributed by atoms with van der Waals surface area (Å²) in [5.41, 5.74) is 0. The van der Waals surface area contributed by atoms with Crippen LogP contribution in [0.1, 0.15) is 19.8 Å². The van der Waals surface area contributed by atoms with Crippen LogP contribution in [0, 0.1) is 5.92 Å². The second kappa shape index (κ2) is 7.07. The van der Waals surface area contributed by atoms with Gasteiger partial charge in [-0.3, -0.25) is 9.69 Å². The van der Waals surface area contributed by atoms with Crippen molar-refractivity contribution in [2.45, 2.75) is 25.8 Å². The predicted octanol–water partition coefficient (Wildman–Crippen LogP) is -0.177. The summed E-state index contributed by atoms with van der Waals surface area (Å²) in [6.45, 7) is 7.98. The van der Waals surface area contributed by atoms with Crippen LogP contribution in [-0.4, -0.2) is 62.8 Å². The highest BCUT2D eigenvalue weighted by molar-refractivity contribution is 5.78. The summed E-state index contributed by atoms with van der Waals surface area (Å²) in [4.78, 5) is 14.0. The molecule has 1 amide bonds. The number of nitrogens with zero attached hydrogens (tertiary/aromatic N) is 1. The van der Waals surface area contributed by atoms with E-state index in [4.69, 9.17) is 4.74 Å². The predicted molar refractivity (Wildman–Crippen MR) is 70.5 cm³/mol. The molecule has 1 aliphatic heterocycles. The summed E-state index contributed by atoms with van der Waals surface area (Å²) in [6.07, 6.45) is 2.64. The van der Waals surface area contributed by atoms with Gasteiger partial charge in [-0.2, -0.15) is 0 Å². The summed E-state index contributed by atoms with van der Waals surface area (Å²) < 4.78 is 5.30. The van der Waals surface area contributed by atoms with Gasteiger partial charge in [-0.15, -0.1) is 0 Å². The Morgan fingerprint density at radius 3 is 2.78 bits per heavy atom. The van der Waals surface area contributed by atoms with Crippen molar-refractivity contribution in [3.63, 3.8) is 0 Å². The van der Waals surface area contributed by atoms with Crippen molar-refractivity contribution in [1.82, 2.24) is 15.5 Å². The van der Waals surface area contributed by atoms with E-state index in [-0.39, 0.29) is 11.9 Å². The topological polar surface area (TPSA) is 53.6 Å². The van der Waals surface area contributed by atoms with E-state index >= 15 is 0 Å². The largest absolute Gasteiger partial charge is 0.379 e. The van der Waals surface area contributed by atoms with Crippen molar-refractivity contribution >= 4 is 5.91 Å². The fraction of sp³-hybridized carbons (Fsp3) is 0.923. The minimum atomic E-state index is 0.108. The van der Waals surface area contributed by atoms with Crippen molar-refractivity contribution in [2.75, 3.05) is 45.9 Å². The summed E-state index contributed by atoms with van der Waals surface area (Å²) in [5, 5.41) is 6.25. The number of hydrogen-bond donors (Lipinski definition) is 2. The minimum absolute atomic E-state index is 0.108. The van der Waals surface area contributed by atoms with E-state index in [1.165, 1.54) is 12.8 Å². The zero-order chi connectivity index (χ0) is 12.8. The van der Waals surface area contributed by atoms with Gasteiger partial charge in [-0.25, -0.2) is 0 Å². The lowest BCUT2D eigenvalue weighted by atomic mass is 10.3. The molecular formula is C13H25N3O2. The van der Waals surface area contributed by atoms with Crippen LogP contribution in [0.5, 0.6) is 0 Å². The van der Waals surface area contributed by atoms with Crippen LogP contribution in [0.2, 0.25) is 0 Å². The van der Waals surface area contributed by atoms with E-state index in [0.717, 1.165) is 45.3 Å². The number of carbonyl (C=O) groups excluding carboxylic acids is 1. The standard InChI is InChI=1S/C13H25N3O2/c1-11(10-16-4-6-18-7-5-16)15-13(17)9-14-8-12-2-3-12/h11-12,14H,2-10H2,1H3,(H,15,17). The molecular weight excluding hydrogens is 230 g/mol. The van der Waals surface area contributed by atoms with Gasteiger partial charge in [0.1, 0.15) is 0 Å². The molecule has 1 unspecified atom stereocenters. The lowest BCUT2D eigenvalue weighted by Gasteiger charge is -2.29. The summed E-state index contributed by atoms with van der Waals surface area (Å²) in [6, 6.07) is 0.207. The van der Waals surface area contributed by atoms with Gasteiger partial charge in [0.15, 0.2) is 0 Å². The highest BCUT2D eigenvalue weighted by atomic mass is 16.5. The van der Waals surface area contributed by atoms with Gasteiger partial charge in [-0.1, -0.05) is 0 Å². The van der Waals surface area contributed by atoms with Gasteiger partial charge >= 0.3 is 0 Å². The van der Waals surface area contributed by atoms with E-state index in [1.54, 1.807) is 0 Å². The molecule has 5 nitrogen and oxygen atoms in total. The number of nitrogens with one attached hydrogen (secondary N) is 2.